The van der Waals surface area contributed by atoms with Gasteiger partial charge >= 0.3 is 0 Å². The van der Waals surface area contributed by atoms with E-state index in [4.69, 9.17) is 4.74 Å². The van der Waals surface area contributed by atoms with Crippen LogP contribution in [0.15, 0.2) is 22.7 Å². The molecule has 1 unspecified atom stereocenters. The third-order valence-corrected chi connectivity index (χ3v) is 3.98. The van der Waals surface area contributed by atoms with Crippen molar-refractivity contribution in [2.75, 3.05) is 13.1 Å². The average Bonchev–Trinajstić information content (AvgIpc) is 2.64. The van der Waals surface area contributed by atoms with Gasteiger partial charge in [0, 0.05) is 18.7 Å². The summed E-state index contributed by atoms with van der Waals surface area (Å²) in [6.45, 7) is 4.45. The van der Waals surface area contributed by atoms with Crippen LogP contribution in [0.1, 0.15) is 31.7 Å². The van der Waals surface area contributed by atoms with Gasteiger partial charge < -0.3 is 15.4 Å². The summed E-state index contributed by atoms with van der Waals surface area (Å²) >= 11 is 3.52. The zero-order valence-corrected chi connectivity index (χ0v) is 13.3. The SMILES string of the molecule is CCNCc1cccc(Br)c1OC1CCCCNC1=O. The van der Waals surface area contributed by atoms with Crippen molar-refractivity contribution in [2.45, 2.75) is 38.8 Å². The third-order valence-electron chi connectivity index (χ3n) is 3.36. The monoisotopic (exact) mass is 340 g/mol. The minimum atomic E-state index is -0.392. The summed E-state index contributed by atoms with van der Waals surface area (Å²) in [6, 6.07) is 5.95. The van der Waals surface area contributed by atoms with E-state index in [0.29, 0.717) is 0 Å². The number of carbonyl (C=O) groups excluding carboxylic acids is 1. The van der Waals surface area contributed by atoms with Crippen LogP contribution in [0.3, 0.4) is 0 Å². The minimum Gasteiger partial charge on any atom is -0.479 e. The fourth-order valence-electron chi connectivity index (χ4n) is 2.25. The van der Waals surface area contributed by atoms with E-state index in [2.05, 4.69) is 33.5 Å². The molecule has 1 aromatic rings. The molecule has 1 saturated heterocycles. The molecule has 110 valence electrons. The van der Waals surface area contributed by atoms with Crippen LogP contribution in [-0.2, 0) is 11.3 Å². The second-order valence-corrected chi connectivity index (χ2v) is 5.76. The van der Waals surface area contributed by atoms with Gasteiger partial charge in [-0.05, 0) is 47.8 Å². The Hall–Kier alpha value is -1.07. The van der Waals surface area contributed by atoms with Gasteiger partial charge in [0.15, 0.2) is 6.10 Å². The van der Waals surface area contributed by atoms with Crippen molar-refractivity contribution in [3.8, 4) is 5.75 Å². The summed E-state index contributed by atoms with van der Waals surface area (Å²) in [4.78, 5) is 12.0. The number of hydrogen-bond donors (Lipinski definition) is 2. The summed E-state index contributed by atoms with van der Waals surface area (Å²) in [5, 5.41) is 6.19. The van der Waals surface area contributed by atoms with Crippen molar-refractivity contribution in [3.63, 3.8) is 0 Å². The van der Waals surface area contributed by atoms with Crippen LogP contribution >= 0.6 is 15.9 Å². The molecule has 2 rings (SSSR count). The van der Waals surface area contributed by atoms with Gasteiger partial charge in [-0.2, -0.15) is 0 Å². The highest BCUT2D eigenvalue weighted by Crippen LogP contribution is 2.31. The molecular weight excluding hydrogens is 320 g/mol. The molecule has 20 heavy (non-hydrogen) atoms. The number of amides is 1. The van der Waals surface area contributed by atoms with Gasteiger partial charge in [0.2, 0.25) is 0 Å². The van der Waals surface area contributed by atoms with Crippen LogP contribution in [-0.4, -0.2) is 25.1 Å². The molecule has 0 spiro atoms. The second-order valence-electron chi connectivity index (χ2n) is 4.90. The van der Waals surface area contributed by atoms with Crippen LogP contribution in [0, 0.1) is 0 Å². The maximum atomic E-state index is 12.0. The predicted octanol–water partition coefficient (Wildman–Crippen LogP) is 2.61. The molecular formula is C15H21BrN2O2. The smallest absolute Gasteiger partial charge is 0.261 e. The van der Waals surface area contributed by atoms with E-state index in [1.807, 2.05) is 18.2 Å². The molecule has 1 aromatic carbocycles. The molecule has 1 amide bonds. The Morgan fingerprint density at radius 3 is 3.10 bits per heavy atom. The molecule has 0 radical (unpaired) electrons. The van der Waals surface area contributed by atoms with Gasteiger partial charge in [-0.3, -0.25) is 4.79 Å². The van der Waals surface area contributed by atoms with E-state index < -0.39 is 6.10 Å². The van der Waals surface area contributed by atoms with E-state index in [9.17, 15) is 4.79 Å². The number of halogens is 1. The zero-order chi connectivity index (χ0) is 14.4. The standard InChI is InChI=1S/C15H21BrN2O2/c1-2-17-10-11-6-5-7-12(16)14(11)20-13-8-3-4-9-18-15(13)19/h5-7,13,17H,2-4,8-10H2,1H3,(H,18,19). The first-order valence-corrected chi connectivity index (χ1v) is 7.94. The lowest BCUT2D eigenvalue weighted by Crippen LogP contribution is -2.36. The molecule has 1 atom stereocenters. The van der Waals surface area contributed by atoms with Crippen LogP contribution < -0.4 is 15.4 Å². The number of ether oxygens (including phenoxy) is 1. The Morgan fingerprint density at radius 1 is 1.45 bits per heavy atom. The molecule has 1 heterocycles. The highest BCUT2D eigenvalue weighted by atomic mass is 79.9. The first-order chi connectivity index (χ1) is 9.72. The Balaban J connectivity index is 2.16. The van der Waals surface area contributed by atoms with E-state index in [1.165, 1.54) is 0 Å². The lowest BCUT2D eigenvalue weighted by molar-refractivity contribution is -0.127. The summed E-state index contributed by atoms with van der Waals surface area (Å²) in [5.74, 6) is 0.767. The lowest BCUT2D eigenvalue weighted by atomic mass is 10.1. The van der Waals surface area contributed by atoms with Crippen molar-refractivity contribution in [2.24, 2.45) is 0 Å². The number of rotatable bonds is 5. The van der Waals surface area contributed by atoms with Crippen LogP contribution in [0.25, 0.3) is 0 Å². The van der Waals surface area contributed by atoms with E-state index in [1.54, 1.807) is 0 Å². The summed E-state index contributed by atoms with van der Waals surface area (Å²) in [7, 11) is 0. The van der Waals surface area contributed by atoms with Gasteiger partial charge in [-0.25, -0.2) is 0 Å². The highest BCUT2D eigenvalue weighted by molar-refractivity contribution is 9.10. The predicted molar refractivity (Wildman–Crippen MR) is 82.8 cm³/mol. The van der Waals surface area contributed by atoms with Gasteiger partial charge in [-0.1, -0.05) is 19.1 Å². The second kappa shape index (κ2) is 7.64. The molecule has 2 N–H and O–H groups in total. The van der Waals surface area contributed by atoms with Gasteiger partial charge in [0.1, 0.15) is 5.75 Å². The topological polar surface area (TPSA) is 50.4 Å². The maximum Gasteiger partial charge on any atom is 0.261 e. The van der Waals surface area contributed by atoms with Gasteiger partial charge in [0.25, 0.3) is 5.91 Å². The zero-order valence-electron chi connectivity index (χ0n) is 11.7. The summed E-state index contributed by atoms with van der Waals surface area (Å²) in [5.41, 5.74) is 1.07. The van der Waals surface area contributed by atoms with Crippen LogP contribution in [0.5, 0.6) is 5.75 Å². The molecule has 1 aliphatic rings. The quantitative estimate of drug-likeness (QED) is 0.866. The van der Waals surface area contributed by atoms with Gasteiger partial charge in [0.05, 0.1) is 4.47 Å². The first kappa shape index (κ1) is 15.3. The molecule has 0 saturated carbocycles. The number of benzene rings is 1. The van der Waals surface area contributed by atoms with Crippen molar-refractivity contribution in [3.05, 3.63) is 28.2 Å². The normalized spacial score (nSPS) is 19.3. The molecule has 1 aliphatic heterocycles. The first-order valence-electron chi connectivity index (χ1n) is 7.15. The minimum absolute atomic E-state index is 0.00680. The number of para-hydroxylation sites is 1. The largest absolute Gasteiger partial charge is 0.479 e. The van der Waals surface area contributed by atoms with Crippen molar-refractivity contribution >= 4 is 21.8 Å². The molecule has 1 fully saturated rings. The van der Waals surface area contributed by atoms with Crippen molar-refractivity contribution in [1.29, 1.82) is 0 Å². The number of hydrogen-bond acceptors (Lipinski definition) is 3. The fourth-order valence-corrected chi connectivity index (χ4v) is 2.75. The van der Waals surface area contributed by atoms with Crippen LogP contribution in [0.4, 0.5) is 0 Å². The van der Waals surface area contributed by atoms with Crippen molar-refractivity contribution in [1.82, 2.24) is 10.6 Å². The van der Waals surface area contributed by atoms with Gasteiger partial charge in [-0.15, -0.1) is 0 Å². The Bertz CT molecular complexity index is 465. The molecule has 0 bridgehead atoms. The highest BCUT2D eigenvalue weighted by Gasteiger charge is 2.24. The van der Waals surface area contributed by atoms with Crippen LogP contribution in [0.2, 0.25) is 0 Å². The Kier molecular flexibility index (Phi) is 5.86. The number of carbonyl (C=O) groups is 1. The van der Waals surface area contributed by atoms with E-state index in [-0.39, 0.29) is 5.91 Å². The Morgan fingerprint density at radius 2 is 2.30 bits per heavy atom. The number of nitrogens with one attached hydrogen (secondary N) is 2. The Labute approximate surface area is 128 Å². The maximum absolute atomic E-state index is 12.0. The lowest BCUT2D eigenvalue weighted by Gasteiger charge is -2.19. The molecule has 0 aromatic heterocycles. The summed E-state index contributed by atoms with van der Waals surface area (Å²) < 4.78 is 6.90. The van der Waals surface area contributed by atoms with E-state index >= 15 is 0 Å². The van der Waals surface area contributed by atoms with E-state index in [0.717, 1.165) is 54.7 Å². The van der Waals surface area contributed by atoms with Crippen molar-refractivity contribution < 1.29 is 9.53 Å². The molecule has 5 heteroatoms. The average molecular weight is 341 g/mol. The molecule has 4 nitrogen and oxygen atoms in total. The molecule has 0 aliphatic carbocycles. The summed E-state index contributed by atoms with van der Waals surface area (Å²) in [6.07, 6.45) is 2.41. The fraction of sp³-hybridized carbons (Fsp3) is 0.533. The third kappa shape index (κ3) is 3.96.